The lowest BCUT2D eigenvalue weighted by molar-refractivity contribution is -0.140. The molecule has 0 saturated carbocycles. The number of hydrogen-bond acceptors (Lipinski definition) is 5. The van der Waals surface area contributed by atoms with E-state index in [1.54, 1.807) is 24.7 Å². The number of carbonyl (C=O) groups is 2. The molecule has 0 aliphatic carbocycles. The Morgan fingerprint density at radius 2 is 1.87 bits per heavy atom. The average Bonchev–Trinajstić information content (AvgIpc) is 3.33. The van der Waals surface area contributed by atoms with Crippen molar-refractivity contribution >= 4 is 34.9 Å². The number of halogens is 2. The van der Waals surface area contributed by atoms with Crippen molar-refractivity contribution < 1.29 is 19.8 Å². The van der Waals surface area contributed by atoms with E-state index >= 15 is 0 Å². The Labute approximate surface area is 188 Å². The van der Waals surface area contributed by atoms with Crippen molar-refractivity contribution in [3.8, 4) is 11.5 Å². The Balaban J connectivity index is 1.75. The molecule has 1 saturated heterocycles. The molecular formula is C22H19Cl2N3O4. The van der Waals surface area contributed by atoms with E-state index in [2.05, 4.69) is 4.98 Å². The number of amides is 1. The number of nitrogens with zero attached hydrogens (tertiary/aromatic N) is 3. The number of likely N-dealkylation sites (tertiary alicyclic amines) is 1. The van der Waals surface area contributed by atoms with Gasteiger partial charge in [-0.15, -0.1) is 0 Å². The Morgan fingerprint density at radius 1 is 1.06 bits per heavy atom. The number of aryl methyl sites for hydroxylation is 1. The first-order valence-electron chi connectivity index (χ1n) is 9.64. The van der Waals surface area contributed by atoms with Crippen molar-refractivity contribution in [2.45, 2.75) is 24.9 Å². The smallest absolute Gasteiger partial charge is 0.291 e. The lowest BCUT2D eigenvalue weighted by Crippen LogP contribution is -2.31. The summed E-state index contributed by atoms with van der Waals surface area (Å²) in [6, 6.07) is 8.29. The molecule has 3 aromatic rings. The number of phenols is 2. The van der Waals surface area contributed by atoms with Gasteiger partial charge in [-0.25, -0.2) is 4.98 Å². The number of aromatic hydroxyl groups is 2. The van der Waals surface area contributed by atoms with Gasteiger partial charge in [0.25, 0.3) is 5.91 Å². The van der Waals surface area contributed by atoms with Crippen LogP contribution in [0.4, 0.5) is 0 Å². The third-order valence-electron chi connectivity index (χ3n) is 5.39. The first-order chi connectivity index (χ1) is 14.9. The van der Waals surface area contributed by atoms with Crippen LogP contribution in [0.15, 0.2) is 55.1 Å². The summed E-state index contributed by atoms with van der Waals surface area (Å²) in [6.07, 6.45) is 5.71. The summed E-state index contributed by atoms with van der Waals surface area (Å²) in [4.78, 5) is 31.5. The molecule has 1 amide bonds. The van der Waals surface area contributed by atoms with Crippen LogP contribution in [-0.2, 0) is 16.1 Å². The van der Waals surface area contributed by atoms with E-state index in [4.69, 9.17) is 23.2 Å². The zero-order valence-corrected chi connectivity index (χ0v) is 17.8. The van der Waals surface area contributed by atoms with Gasteiger partial charge < -0.3 is 19.7 Å². The number of hydrogen-bond donors (Lipinski definition) is 2. The van der Waals surface area contributed by atoms with Gasteiger partial charge in [0.15, 0.2) is 0 Å². The topological polar surface area (TPSA) is 95.7 Å². The van der Waals surface area contributed by atoms with Crippen LogP contribution in [0.3, 0.4) is 0 Å². The predicted molar refractivity (Wildman–Crippen MR) is 115 cm³/mol. The Kier molecular flexibility index (Phi) is 5.89. The van der Waals surface area contributed by atoms with Crippen LogP contribution >= 0.6 is 23.2 Å². The fraction of sp³-hybridized carbons (Fsp3) is 0.227. The summed E-state index contributed by atoms with van der Waals surface area (Å²) in [5.74, 6) is -2.45. The van der Waals surface area contributed by atoms with Gasteiger partial charge in [-0.05, 0) is 36.2 Å². The van der Waals surface area contributed by atoms with E-state index in [1.165, 1.54) is 29.2 Å². The van der Waals surface area contributed by atoms with E-state index in [-0.39, 0.29) is 33.7 Å². The molecule has 2 aromatic carbocycles. The minimum absolute atomic E-state index is 0.0246. The van der Waals surface area contributed by atoms with Crippen LogP contribution in [0.1, 0.15) is 29.5 Å². The average molecular weight is 460 g/mol. The number of carbonyl (C=O) groups excluding carboxylic acids is 2. The molecule has 2 N–H and O–H groups in total. The summed E-state index contributed by atoms with van der Waals surface area (Å²) in [7, 11) is 0. The number of rotatable bonds is 6. The quantitative estimate of drug-likeness (QED) is 0.544. The third kappa shape index (κ3) is 4.11. The second kappa shape index (κ2) is 8.61. The molecule has 2 unspecified atom stereocenters. The summed E-state index contributed by atoms with van der Waals surface area (Å²) >= 11 is 12.3. The molecule has 4 rings (SSSR count). The van der Waals surface area contributed by atoms with Crippen LogP contribution < -0.4 is 0 Å². The van der Waals surface area contributed by atoms with Crippen molar-refractivity contribution in [3.63, 3.8) is 0 Å². The lowest BCUT2D eigenvalue weighted by Gasteiger charge is -2.29. The maximum Gasteiger partial charge on any atom is 0.291 e. The van der Waals surface area contributed by atoms with Gasteiger partial charge in [-0.1, -0.05) is 35.3 Å². The number of phenolic OH excluding ortho intramolecular Hbond substituents is 2. The fourth-order valence-electron chi connectivity index (χ4n) is 4.02. The summed E-state index contributed by atoms with van der Waals surface area (Å²) in [6.45, 7) is 0.871. The lowest BCUT2D eigenvalue weighted by atomic mass is 9.86. The highest BCUT2D eigenvalue weighted by atomic mass is 35.5. The molecular weight excluding hydrogens is 441 g/mol. The van der Waals surface area contributed by atoms with Gasteiger partial charge in [-0.2, -0.15) is 0 Å². The van der Waals surface area contributed by atoms with Crippen LogP contribution in [0, 0.1) is 0 Å². The van der Waals surface area contributed by atoms with Crippen LogP contribution in [-0.4, -0.2) is 42.9 Å². The summed E-state index contributed by atoms with van der Waals surface area (Å²) < 4.78 is 1.87. The van der Waals surface area contributed by atoms with Crippen LogP contribution in [0.5, 0.6) is 11.5 Å². The highest BCUT2D eigenvalue weighted by Crippen LogP contribution is 2.48. The molecule has 0 spiro atoms. The molecule has 0 bridgehead atoms. The normalized spacial score (nSPS) is 18.7. The maximum absolute atomic E-state index is 13.0. The Morgan fingerprint density at radius 3 is 2.58 bits per heavy atom. The molecule has 31 heavy (non-hydrogen) atoms. The highest BCUT2D eigenvalue weighted by Gasteiger charge is 2.49. The minimum Gasteiger partial charge on any atom is -0.508 e. The predicted octanol–water partition coefficient (Wildman–Crippen LogP) is 3.93. The van der Waals surface area contributed by atoms with Gasteiger partial charge in [0.2, 0.25) is 5.78 Å². The van der Waals surface area contributed by atoms with E-state index in [9.17, 15) is 19.8 Å². The molecule has 1 fully saturated rings. The Bertz CT molecular complexity index is 1130. The van der Waals surface area contributed by atoms with Gasteiger partial charge in [0.1, 0.15) is 11.5 Å². The molecule has 1 aromatic heterocycles. The standard InChI is InChI=1S/C22H19Cl2N3O4/c23-14-10-16(20(29)17(24)11-14)19-18(13-3-1-4-15(28)9-13)21(30)22(31)27(19)7-2-6-26-8-5-25-12-26/h1,3-5,8-12,18-19,28-29H,2,6-7H2. The van der Waals surface area contributed by atoms with E-state index in [1.807, 2.05) is 10.8 Å². The first-order valence-corrected chi connectivity index (χ1v) is 10.4. The SMILES string of the molecule is O=C1C(=O)N(CCCn2ccnc2)C(c2cc(Cl)cc(Cl)c2O)C1c1cccc(O)c1. The van der Waals surface area contributed by atoms with E-state index in [0.717, 1.165) is 0 Å². The van der Waals surface area contributed by atoms with E-state index in [0.29, 0.717) is 18.5 Å². The zero-order chi connectivity index (χ0) is 22.1. The Hall–Kier alpha value is -3.03. The molecule has 160 valence electrons. The number of benzene rings is 2. The van der Waals surface area contributed by atoms with Gasteiger partial charge in [0.05, 0.1) is 23.3 Å². The largest absolute Gasteiger partial charge is 0.508 e. The van der Waals surface area contributed by atoms with Crippen LogP contribution in [0.25, 0.3) is 0 Å². The summed E-state index contributed by atoms with van der Waals surface area (Å²) in [5, 5.41) is 20.9. The van der Waals surface area contributed by atoms with Crippen molar-refractivity contribution in [1.29, 1.82) is 0 Å². The summed E-state index contributed by atoms with van der Waals surface area (Å²) in [5.41, 5.74) is 0.753. The minimum atomic E-state index is -0.923. The fourth-order valence-corrected chi connectivity index (χ4v) is 4.53. The zero-order valence-electron chi connectivity index (χ0n) is 16.3. The monoisotopic (exact) mass is 459 g/mol. The van der Waals surface area contributed by atoms with Crippen molar-refractivity contribution in [3.05, 3.63) is 76.3 Å². The molecule has 0 radical (unpaired) electrons. The number of ketones is 1. The number of aromatic nitrogens is 2. The maximum atomic E-state index is 13.0. The van der Waals surface area contributed by atoms with Crippen molar-refractivity contribution in [1.82, 2.24) is 14.5 Å². The van der Waals surface area contributed by atoms with Crippen molar-refractivity contribution in [2.24, 2.45) is 0 Å². The van der Waals surface area contributed by atoms with Crippen molar-refractivity contribution in [2.75, 3.05) is 6.54 Å². The van der Waals surface area contributed by atoms with Gasteiger partial charge >= 0.3 is 0 Å². The second-order valence-corrected chi connectivity index (χ2v) is 8.20. The number of imidazole rings is 1. The molecule has 1 aliphatic heterocycles. The molecule has 1 aliphatic rings. The first kappa shape index (κ1) is 21.2. The molecule has 9 heteroatoms. The highest BCUT2D eigenvalue weighted by molar-refractivity contribution is 6.40. The van der Waals surface area contributed by atoms with E-state index < -0.39 is 23.7 Å². The third-order valence-corrected chi connectivity index (χ3v) is 5.89. The number of Topliss-reactive ketones (excluding diaryl/α,β-unsaturated/α-hetero) is 1. The van der Waals surface area contributed by atoms with Crippen LogP contribution in [0.2, 0.25) is 10.0 Å². The molecule has 7 nitrogen and oxygen atoms in total. The second-order valence-electron chi connectivity index (χ2n) is 7.36. The molecule has 2 heterocycles. The molecule has 2 atom stereocenters. The van der Waals surface area contributed by atoms with Gasteiger partial charge in [-0.3, -0.25) is 9.59 Å². The van der Waals surface area contributed by atoms with Gasteiger partial charge in [0, 0.05) is 36.1 Å².